The van der Waals surface area contributed by atoms with Crippen molar-refractivity contribution in [2.45, 2.75) is 12.8 Å². The number of benzene rings is 2. The molecule has 0 spiro atoms. The molecule has 8 heteroatoms. The van der Waals surface area contributed by atoms with Crippen LogP contribution in [0.15, 0.2) is 66.5 Å². The molecule has 28 heavy (non-hydrogen) atoms. The lowest BCUT2D eigenvalue weighted by Gasteiger charge is -2.28. The standard InChI is InChI=1S/C20H22N4O4/c1-28-18-7-5-13(9-17(18)14-3-2-4-15(10-14)23-27)11-24-12-16(22-20(21)26)6-8-19(24)25/h2-10,12,19,23,25,27H,11H2,1H3,(H3,21,22,26). The Morgan fingerprint density at radius 2 is 2.11 bits per heavy atom. The first-order chi connectivity index (χ1) is 13.5. The minimum absolute atomic E-state index is 0.393. The monoisotopic (exact) mass is 382 g/mol. The van der Waals surface area contributed by atoms with E-state index in [0.717, 1.165) is 16.7 Å². The zero-order valence-electron chi connectivity index (χ0n) is 15.3. The van der Waals surface area contributed by atoms with Crippen molar-refractivity contribution in [1.82, 2.24) is 10.2 Å². The number of carbonyl (C=O) groups is 1. The number of carbonyl (C=O) groups excluding carboxylic acids is 1. The van der Waals surface area contributed by atoms with Crippen LogP contribution < -0.4 is 21.3 Å². The number of rotatable bonds is 6. The average Bonchev–Trinajstić information content (AvgIpc) is 2.70. The van der Waals surface area contributed by atoms with Gasteiger partial charge < -0.3 is 25.8 Å². The summed E-state index contributed by atoms with van der Waals surface area (Å²) in [6, 6.07) is 12.3. The van der Waals surface area contributed by atoms with E-state index in [-0.39, 0.29) is 0 Å². The van der Waals surface area contributed by atoms with Gasteiger partial charge >= 0.3 is 6.03 Å². The minimum atomic E-state index is -0.828. The molecule has 0 aliphatic carbocycles. The summed E-state index contributed by atoms with van der Waals surface area (Å²) in [7, 11) is 1.59. The van der Waals surface area contributed by atoms with Gasteiger partial charge in [-0.25, -0.2) is 4.79 Å². The van der Waals surface area contributed by atoms with E-state index in [9.17, 15) is 9.90 Å². The summed E-state index contributed by atoms with van der Waals surface area (Å²) in [5, 5.41) is 21.9. The first kappa shape index (κ1) is 19.3. The van der Waals surface area contributed by atoms with Crippen molar-refractivity contribution in [2.24, 2.45) is 5.73 Å². The maximum absolute atomic E-state index is 11.1. The zero-order valence-corrected chi connectivity index (χ0v) is 15.3. The number of nitrogens with two attached hydrogens (primary N) is 1. The highest BCUT2D eigenvalue weighted by molar-refractivity contribution is 5.75. The second-order valence-electron chi connectivity index (χ2n) is 6.25. The van der Waals surface area contributed by atoms with Crippen LogP contribution in [-0.4, -0.2) is 34.6 Å². The molecule has 1 aliphatic heterocycles. The number of aliphatic hydroxyl groups is 1. The highest BCUT2D eigenvalue weighted by atomic mass is 16.5. The molecule has 0 saturated heterocycles. The third kappa shape index (κ3) is 4.43. The molecule has 0 fully saturated rings. The molecule has 8 nitrogen and oxygen atoms in total. The second kappa shape index (κ2) is 8.47. The van der Waals surface area contributed by atoms with E-state index in [1.54, 1.807) is 42.5 Å². The van der Waals surface area contributed by atoms with Crippen LogP contribution in [-0.2, 0) is 6.54 Å². The molecular weight excluding hydrogens is 360 g/mol. The molecule has 2 aromatic carbocycles. The topological polar surface area (TPSA) is 120 Å². The van der Waals surface area contributed by atoms with Crippen molar-refractivity contribution < 1.29 is 19.8 Å². The summed E-state index contributed by atoms with van der Waals surface area (Å²) in [5.74, 6) is 0.685. The van der Waals surface area contributed by atoms with Crippen LogP contribution in [0.5, 0.6) is 5.75 Å². The molecule has 1 aliphatic rings. The number of aliphatic hydroxyl groups excluding tert-OH is 1. The smallest absolute Gasteiger partial charge is 0.316 e. The first-order valence-corrected chi connectivity index (χ1v) is 8.58. The summed E-state index contributed by atoms with van der Waals surface area (Å²) in [6.45, 7) is 0.393. The van der Waals surface area contributed by atoms with Gasteiger partial charge in [-0.1, -0.05) is 18.2 Å². The Balaban J connectivity index is 1.90. The maximum atomic E-state index is 11.1. The number of methoxy groups -OCH3 is 1. The molecule has 0 radical (unpaired) electrons. The number of allylic oxidation sites excluding steroid dienone is 1. The Bertz CT molecular complexity index is 926. The normalized spacial score (nSPS) is 15.8. The van der Waals surface area contributed by atoms with E-state index < -0.39 is 12.3 Å². The number of hydrogen-bond donors (Lipinski definition) is 5. The fourth-order valence-electron chi connectivity index (χ4n) is 3.00. The lowest BCUT2D eigenvalue weighted by molar-refractivity contribution is 0.0709. The molecule has 0 saturated carbocycles. The highest BCUT2D eigenvalue weighted by Gasteiger charge is 2.17. The average molecular weight is 382 g/mol. The van der Waals surface area contributed by atoms with Crippen LogP contribution in [0.1, 0.15) is 5.56 Å². The fourth-order valence-corrected chi connectivity index (χ4v) is 3.00. The van der Waals surface area contributed by atoms with Crippen LogP contribution in [0.4, 0.5) is 10.5 Å². The molecule has 3 rings (SSSR count). The quantitative estimate of drug-likeness (QED) is 0.489. The Morgan fingerprint density at radius 3 is 2.82 bits per heavy atom. The number of nitrogens with one attached hydrogen (secondary N) is 2. The van der Waals surface area contributed by atoms with Crippen molar-refractivity contribution in [2.75, 3.05) is 12.6 Å². The lowest BCUT2D eigenvalue weighted by Crippen LogP contribution is -2.35. The molecule has 1 atom stereocenters. The molecule has 1 heterocycles. The Labute approximate surface area is 162 Å². The number of nitrogens with zero attached hydrogens (tertiary/aromatic N) is 1. The Kier molecular flexibility index (Phi) is 5.83. The van der Waals surface area contributed by atoms with E-state index in [1.165, 1.54) is 0 Å². The maximum Gasteiger partial charge on any atom is 0.316 e. The van der Waals surface area contributed by atoms with E-state index in [1.807, 2.05) is 30.3 Å². The van der Waals surface area contributed by atoms with Crippen LogP contribution in [0.2, 0.25) is 0 Å². The van der Waals surface area contributed by atoms with Gasteiger partial charge in [0.25, 0.3) is 0 Å². The van der Waals surface area contributed by atoms with Crippen LogP contribution >= 0.6 is 0 Å². The molecule has 146 valence electrons. The van der Waals surface area contributed by atoms with Gasteiger partial charge in [0.05, 0.1) is 18.5 Å². The van der Waals surface area contributed by atoms with Gasteiger partial charge in [0.15, 0.2) is 0 Å². The lowest BCUT2D eigenvalue weighted by atomic mass is 10.0. The number of urea groups is 1. The van der Waals surface area contributed by atoms with Gasteiger partial charge in [-0.15, -0.1) is 0 Å². The SMILES string of the molecule is COc1ccc(CN2C=C(NC(N)=O)C=CC2O)cc1-c1cccc(NO)c1. The molecule has 0 bridgehead atoms. The molecule has 0 aromatic heterocycles. The zero-order chi connectivity index (χ0) is 20.1. The summed E-state index contributed by atoms with van der Waals surface area (Å²) in [4.78, 5) is 12.7. The molecule has 2 amide bonds. The predicted molar refractivity (Wildman–Crippen MR) is 105 cm³/mol. The van der Waals surface area contributed by atoms with Crippen molar-refractivity contribution in [3.05, 3.63) is 72.1 Å². The van der Waals surface area contributed by atoms with Crippen molar-refractivity contribution in [3.8, 4) is 16.9 Å². The summed E-state index contributed by atoms with van der Waals surface area (Å²) < 4.78 is 5.47. The van der Waals surface area contributed by atoms with Gasteiger partial charge in [-0.05, 0) is 47.5 Å². The number of primary amides is 1. The van der Waals surface area contributed by atoms with Crippen molar-refractivity contribution in [3.63, 3.8) is 0 Å². The summed E-state index contributed by atoms with van der Waals surface area (Å²) >= 11 is 0. The van der Waals surface area contributed by atoms with Crippen molar-refractivity contribution in [1.29, 1.82) is 0 Å². The fraction of sp³-hybridized carbons (Fsp3) is 0.150. The highest BCUT2D eigenvalue weighted by Crippen LogP contribution is 2.33. The summed E-state index contributed by atoms with van der Waals surface area (Å²) in [6.07, 6.45) is 3.96. The predicted octanol–water partition coefficient (Wildman–Crippen LogP) is 2.36. The van der Waals surface area contributed by atoms with Crippen molar-refractivity contribution >= 4 is 11.7 Å². The van der Waals surface area contributed by atoms with Gasteiger partial charge in [0.1, 0.15) is 12.0 Å². The molecule has 6 N–H and O–H groups in total. The first-order valence-electron chi connectivity index (χ1n) is 8.58. The molecular formula is C20H22N4O4. The third-order valence-electron chi connectivity index (χ3n) is 4.29. The number of hydrogen-bond acceptors (Lipinski definition) is 6. The van der Waals surface area contributed by atoms with Crippen LogP contribution in [0.25, 0.3) is 11.1 Å². The third-order valence-corrected chi connectivity index (χ3v) is 4.29. The summed E-state index contributed by atoms with van der Waals surface area (Å²) in [5.41, 5.74) is 11.0. The van der Waals surface area contributed by atoms with Gasteiger partial charge in [-0.3, -0.25) is 10.7 Å². The minimum Gasteiger partial charge on any atom is -0.496 e. The van der Waals surface area contributed by atoms with Gasteiger partial charge in [-0.2, -0.15) is 0 Å². The molecule has 1 unspecified atom stereocenters. The van der Waals surface area contributed by atoms with Gasteiger partial charge in [0.2, 0.25) is 0 Å². The van der Waals surface area contributed by atoms with E-state index in [0.29, 0.717) is 23.7 Å². The molecule has 2 aromatic rings. The van der Waals surface area contributed by atoms with E-state index in [2.05, 4.69) is 10.8 Å². The Morgan fingerprint density at radius 1 is 1.29 bits per heavy atom. The van der Waals surface area contributed by atoms with Crippen LogP contribution in [0.3, 0.4) is 0 Å². The second-order valence-corrected chi connectivity index (χ2v) is 6.25. The van der Waals surface area contributed by atoms with E-state index in [4.69, 9.17) is 15.7 Å². The van der Waals surface area contributed by atoms with Crippen LogP contribution in [0, 0.1) is 0 Å². The number of anilines is 1. The number of ether oxygens (including phenoxy) is 1. The van der Waals surface area contributed by atoms with Gasteiger partial charge in [0, 0.05) is 18.3 Å². The Hall–Kier alpha value is -3.49. The van der Waals surface area contributed by atoms with E-state index >= 15 is 0 Å². The largest absolute Gasteiger partial charge is 0.496 e. The number of amides is 2.